The van der Waals surface area contributed by atoms with Crippen LogP contribution in [0.3, 0.4) is 0 Å². The maximum absolute atomic E-state index is 10.7. The first-order chi connectivity index (χ1) is 18.4. The molecule has 1 aromatic heterocycles. The molecule has 0 aliphatic carbocycles. The Morgan fingerprint density at radius 1 is 1.17 bits per heavy atom. The van der Waals surface area contributed by atoms with Gasteiger partial charge in [0.25, 0.3) is 0 Å². The summed E-state index contributed by atoms with van der Waals surface area (Å²) in [6.45, 7) is 8.94. The van der Waals surface area contributed by atoms with Crippen LogP contribution < -0.4 is 0 Å². The van der Waals surface area contributed by atoms with Crippen molar-refractivity contribution in [2.75, 3.05) is 13.1 Å². The standard InChI is InChI=1S/C11H17N3O.C6H5N3O.C2H3O.CO2.CH4.AtHO.F6P.U/c1-3-11(9-12)13-15-10(2)14-7-5-4-6-8-14;10-9-6-4-2-1-3-5(6)7-8-9;1-2-3;2-1-3;;1-2;1-7(2,3,4,5)6;/h2-8H2,1H3;1-4,10H;1H3;;1H4;2H;;/q;;-1;;;;-1;/b13-11+;;;;;;;. The van der Waals surface area contributed by atoms with Gasteiger partial charge in [-0.15, -0.1) is 5.10 Å². The Labute approximate surface area is 277 Å². The van der Waals surface area contributed by atoms with Gasteiger partial charge in [0.05, 0.1) is 0 Å². The predicted octanol–water partition coefficient (Wildman–Crippen LogP) is 5.91. The van der Waals surface area contributed by atoms with Crippen LogP contribution in [0.5, 0.6) is 0 Å². The van der Waals surface area contributed by atoms with Gasteiger partial charge in [-0.2, -0.15) is 21.8 Å². The zero-order chi connectivity index (χ0) is 31.9. The van der Waals surface area contributed by atoms with Crippen LogP contribution in [0, 0.1) is 67.6 Å². The van der Waals surface area contributed by atoms with Crippen molar-refractivity contribution < 1.29 is 109 Å². The van der Waals surface area contributed by atoms with Crippen molar-refractivity contribution in [1.29, 1.82) is 5.26 Å². The molecule has 1 aromatic carbocycles. The normalized spacial score (nSPS) is 13.1. The van der Waals surface area contributed by atoms with Crippen molar-refractivity contribution >= 4 is 37.0 Å². The van der Waals surface area contributed by atoms with Gasteiger partial charge < -0.3 is 19.7 Å². The van der Waals surface area contributed by atoms with Crippen molar-refractivity contribution in [2.24, 2.45) is 5.16 Å². The van der Waals surface area contributed by atoms with Gasteiger partial charge in [-0.1, -0.05) is 36.5 Å². The van der Waals surface area contributed by atoms with Crippen LogP contribution >= 0.6 is 7.81 Å². The number of nitrogens with zero attached hydrogens (tertiary/aromatic N) is 6. The number of likely N-dealkylation sites (tertiary alicyclic amines) is 1. The molecule has 3 rings (SSSR count). The molecule has 0 bridgehead atoms. The first-order valence-corrected chi connectivity index (χ1v) is 13.9. The van der Waals surface area contributed by atoms with E-state index in [1.165, 1.54) is 32.5 Å². The first kappa shape index (κ1) is 49.5. The molecule has 1 saturated heterocycles. The van der Waals surface area contributed by atoms with Crippen LogP contribution in [0.1, 0.15) is 47.0 Å². The fraction of sp³-hybridized carbons (Fsp3) is 0.429. The molecular formula is C21H30AtF6N6O6PU-2. The molecule has 0 amide bonds. The van der Waals surface area contributed by atoms with Crippen LogP contribution in [0.25, 0.3) is 11.0 Å². The summed E-state index contributed by atoms with van der Waals surface area (Å²) in [6, 6.07) is 9.17. The van der Waals surface area contributed by atoms with Gasteiger partial charge in [0.2, 0.25) is 5.88 Å². The zero-order valence-electron chi connectivity index (χ0n) is 21.6. The van der Waals surface area contributed by atoms with Crippen molar-refractivity contribution in [3.05, 3.63) is 36.7 Å². The van der Waals surface area contributed by atoms with E-state index in [0.29, 0.717) is 29.0 Å². The molecule has 2 aromatic rings. The topological polar surface area (TPSA) is 171 Å². The Morgan fingerprint density at radius 2 is 1.60 bits per heavy atom. The van der Waals surface area contributed by atoms with Crippen LogP contribution in [-0.4, -0.2) is 59.7 Å². The van der Waals surface area contributed by atoms with Gasteiger partial charge >= 0.3 is 67.5 Å². The number of para-hydroxylation sites is 1. The fourth-order valence-electron chi connectivity index (χ4n) is 2.33. The average molecular weight is 1060 g/mol. The maximum atomic E-state index is 9.87. The molecule has 0 atom stereocenters. The van der Waals surface area contributed by atoms with Gasteiger partial charge in [0.15, 0.2) is 5.71 Å². The second-order valence-electron chi connectivity index (χ2n) is 6.75. The molecule has 2 heterocycles. The van der Waals surface area contributed by atoms with Crippen LogP contribution in [0.15, 0.2) is 41.9 Å². The Hall–Kier alpha value is -2.12. The third kappa shape index (κ3) is 34.1. The number of hydrogen-bond acceptors (Lipinski definition) is 11. The summed E-state index contributed by atoms with van der Waals surface area (Å²) in [5.74, 6) is 0.552. The van der Waals surface area contributed by atoms with E-state index in [0.717, 1.165) is 43.1 Å². The van der Waals surface area contributed by atoms with E-state index in [4.69, 9.17) is 32.9 Å². The fourth-order valence-corrected chi connectivity index (χ4v) is 2.33. The van der Waals surface area contributed by atoms with E-state index in [2.05, 4.69) is 26.9 Å². The van der Waals surface area contributed by atoms with E-state index in [-0.39, 0.29) is 44.7 Å². The van der Waals surface area contributed by atoms with Crippen LogP contribution in [-0.2, 0) is 19.2 Å². The van der Waals surface area contributed by atoms with Gasteiger partial charge in [-0.25, -0.2) is 0 Å². The van der Waals surface area contributed by atoms with E-state index in [1.54, 1.807) is 12.1 Å². The number of aromatic nitrogens is 3. The molecule has 1 aliphatic heterocycles. The number of piperidine rings is 1. The molecule has 2 N–H and O–H groups in total. The van der Waals surface area contributed by atoms with E-state index in [1.807, 2.05) is 25.1 Å². The smallest absolute Gasteiger partial charge is 0.130 e. The van der Waals surface area contributed by atoms with Gasteiger partial charge in [0, 0.05) is 50.6 Å². The van der Waals surface area contributed by atoms with Gasteiger partial charge in [-0.3, -0.25) is 6.29 Å². The molecule has 0 unspecified atom stereocenters. The minimum Gasteiger partial charge on any atom is -0.410 e. The molecule has 21 heteroatoms. The predicted molar refractivity (Wildman–Crippen MR) is 133 cm³/mol. The summed E-state index contributed by atoms with van der Waals surface area (Å²) in [5.41, 5.74) is 1.72. The quantitative estimate of drug-likeness (QED) is 0.0714. The van der Waals surface area contributed by atoms with Crippen molar-refractivity contribution in [3.8, 4) is 6.07 Å². The third-order valence-electron chi connectivity index (χ3n) is 3.77. The zero-order valence-corrected chi connectivity index (χ0v) is 29.6. The van der Waals surface area contributed by atoms with E-state index < -0.39 is 7.81 Å². The number of oxime groups is 1. The van der Waals surface area contributed by atoms with Gasteiger partial charge in [0.1, 0.15) is 17.1 Å². The minimum absolute atomic E-state index is 0. The molecule has 0 spiro atoms. The van der Waals surface area contributed by atoms with Crippen LogP contribution in [0.2, 0.25) is 0 Å². The Morgan fingerprint density at radius 3 is 1.98 bits per heavy atom. The number of fused-ring (bicyclic) bond motifs is 1. The summed E-state index contributed by atoms with van der Waals surface area (Å²) >= 11 is 0.722. The van der Waals surface area contributed by atoms with E-state index in [9.17, 15) is 25.2 Å². The molecular weight excluding hydrogens is 1030 g/mol. The Kier molecular flexibility index (Phi) is 28.7. The SMILES string of the molecule is C.C=C(O/N=C(/C#N)CC)N1CCCCC1.C[C-]=O.F[P-](F)(F)(F)(F)F.O=C=O.O[At].On1nnc2ccccc21.[U]. The molecule has 240 valence electrons. The largest absolute Gasteiger partial charge is 0.410 e. The summed E-state index contributed by atoms with van der Waals surface area (Å²) in [6.07, 6.45) is 5.95. The van der Waals surface area contributed by atoms with Crippen molar-refractivity contribution in [1.82, 2.24) is 20.1 Å². The second-order valence-corrected chi connectivity index (χ2v) is 8.67. The van der Waals surface area contributed by atoms with Crippen molar-refractivity contribution in [2.45, 2.75) is 47.0 Å². The Bertz CT molecular complexity index is 1130. The molecule has 42 heavy (non-hydrogen) atoms. The second kappa shape index (κ2) is 24.3. The summed E-state index contributed by atoms with van der Waals surface area (Å²) in [7, 11) is -10.7. The molecule has 0 saturated carbocycles. The van der Waals surface area contributed by atoms with Crippen molar-refractivity contribution in [3.63, 3.8) is 0 Å². The number of rotatable bonds is 4. The number of benzene rings is 1. The summed E-state index contributed by atoms with van der Waals surface area (Å²) in [5, 5.41) is 28.4. The average Bonchev–Trinajstić information content (AvgIpc) is 3.27. The Balaban J connectivity index is -0.000000148. The monoisotopic (exact) mass is 1060 g/mol. The number of halogens is 6. The number of carbonyl (C=O) groups excluding carboxylic acids is 3. The van der Waals surface area contributed by atoms with E-state index >= 15 is 0 Å². The first-order valence-electron chi connectivity index (χ1n) is 10.5. The number of hydrogen-bond donors (Lipinski definition) is 2. The molecule has 1 aliphatic rings. The summed E-state index contributed by atoms with van der Waals surface area (Å²) in [4.78, 5) is 32.9. The summed E-state index contributed by atoms with van der Waals surface area (Å²) < 4.78 is 66.2. The van der Waals surface area contributed by atoms with Gasteiger partial charge in [-0.05, 0) is 43.2 Å². The molecule has 12 nitrogen and oxygen atoms in total. The maximum Gasteiger partial charge on any atom is 0.130 e. The molecule has 0 radical (unpaired) electrons. The third-order valence-corrected chi connectivity index (χ3v) is 3.77. The minimum atomic E-state index is -10.7. The number of nitriles is 1. The van der Waals surface area contributed by atoms with Crippen LogP contribution in [0.4, 0.5) is 25.2 Å². The molecule has 1 fully saturated rings.